The van der Waals surface area contributed by atoms with Gasteiger partial charge in [-0.05, 0) is 37.5 Å². The Labute approximate surface area is 122 Å². The summed E-state index contributed by atoms with van der Waals surface area (Å²) in [6.07, 6.45) is 5.49. The molecule has 1 N–H and O–H groups in total. The highest BCUT2D eigenvalue weighted by atomic mass is 79.9. The Morgan fingerprint density at radius 3 is 2.84 bits per heavy atom. The normalized spacial score (nSPS) is 17.8. The van der Waals surface area contributed by atoms with Crippen LogP contribution < -0.4 is 5.32 Å². The SMILES string of the molecule is CC(NCCOC1CCCC1)c1ccc(F)cc1Br. The van der Waals surface area contributed by atoms with Gasteiger partial charge in [0.15, 0.2) is 0 Å². The molecule has 1 saturated carbocycles. The van der Waals surface area contributed by atoms with Crippen LogP contribution in [0.5, 0.6) is 0 Å². The number of halogens is 2. The van der Waals surface area contributed by atoms with Gasteiger partial charge in [-0.25, -0.2) is 4.39 Å². The quantitative estimate of drug-likeness (QED) is 0.790. The van der Waals surface area contributed by atoms with E-state index in [1.807, 2.05) is 6.07 Å². The number of hydrogen-bond donors (Lipinski definition) is 1. The predicted molar refractivity (Wildman–Crippen MR) is 78.7 cm³/mol. The zero-order valence-electron chi connectivity index (χ0n) is 11.3. The van der Waals surface area contributed by atoms with Gasteiger partial charge in [-0.2, -0.15) is 0 Å². The first-order chi connectivity index (χ1) is 9.16. The Morgan fingerprint density at radius 2 is 2.16 bits per heavy atom. The van der Waals surface area contributed by atoms with Gasteiger partial charge in [0.1, 0.15) is 5.82 Å². The van der Waals surface area contributed by atoms with Gasteiger partial charge in [-0.1, -0.05) is 34.8 Å². The third-order valence-electron chi connectivity index (χ3n) is 3.64. The van der Waals surface area contributed by atoms with Crippen molar-refractivity contribution in [2.24, 2.45) is 0 Å². The highest BCUT2D eigenvalue weighted by Gasteiger charge is 2.15. The minimum atomic E-state index is -0.215. The first-order valence-corrected chi connectivity index (χ1v) is 7.76. The first-order valence-electron chi connectivity index (χ1n) is 6.97. The lowest BCUT2D eigenvalue weighted by atomic mass is 10.1. The molecule has 0 saturated heterocycles. The van der Waals surface area contributed by atoms with Crippen LogP contribution in [0.4, 0.5) is 4.39 Å². The summed E-state index contributed by atoms with van der Waals surface area (Å²) in [5, 5.41) is 3.41. The molecule has 106 valence electrons. The highest BCUT2D eigenvalue weighted by Crippen LogP contribution is 2.24. The zero-order chi connectivity index (χ0) is 13.7. The Hall–Kier alpha value is -0.450. The van der Waals surface area contributed by atoms with E-state index in [9.17, 15) is 4.39 Å². The molecule has 0 aliphatic heterocycles. The van der Waals surface area contributed by atoms with Gasteiger partial charge in [0.05, 0.1) is 12.7 Å². The van der Waals surface area contributed by atoms with Crippen molar-refractivity contribution in [3.8, 4) is 0 Å². The minimum absolute atomic E-state index is 0.183. The minimum Gasteiger partial charge on any atom is -0.377 e. The lowest BCUT2D eigenvalue weighted by molar-refractivity contribution is 0.0593. The van der Waals surface area contributed by atoms with Crippen LogP contribution in [0.15, 0.2) is 22.7 Å². The number of nitrogens with one attached hydrogen (secondary N) is 1. The maximum Gasteiger partial charge on any atom is 0.124 e. The van der Waals surface area contributed by atoms with E-state index in [0.29, 0.717) is 6.10 Å². The summed E-state index contributed by atoms with van der Waals surface area (Å²) in [6, 6.07) is 4.99. The van der Waals surface area contributed by atoms with E-state index in [-0.39, 0.29) is 11.9 Å². The smallest absolute Gasteiger partial charge is 0.124 e. The third kappa shape index (κ3) is 4.55. The fourth-order valence-electron chi connectivity index (χ4n) is 2.52. The van der Waals surface area contributed by atoms with Gasteiger partial charge in [0.2, 0.25) is 0 Å². The van der Waals surface area contributed by atoms with Gasteiger partial charge < -0.3 is 10.1 Å². The third-order valence-corrected chi connectivity index (χ3v) is 4.32. The molecule has 1 aliphatic carbocycles. The van der Waals surface area contributed by atoms with Crippen LogP contribution in [0.3, 0.4) is 0 Å². The molecule has 4 heteroatoms. The highest BCUT2D eigenvalue weighted by molar-refractivity contribution is 9.10. The summed E-state index contributed by atoms with van der Waals surface area (Å²) in [5.41, 5.74) is 1.07. The predicted octanol–water partition coefficient (Wildman–Crippen LogP) is 4.20. The summed E-state index contributed by atoms with van der Waals surface area (Å²) in [7, 11) is 0. The monoisotopic (exact) mass is 329 g/mol. The lowest BCUT2D eigenvalue weighted by Gasteiger charge is -2.17. The van der Waals surface area contributed by atoms with Gasteiger partial charge in [0, 0.05) is 17.1 Å². The molecule has 0 bridgehead atoms. The molecule has 1 aliphatic rings. The molecule has 19 heavy (non-hydrogen) atoms. The van der Waals surface area contributed by atoms with Gasteiger partial charge >= 0.3 is 0 Å². The number of benzene rings is 1. The van der Waals surface area contributed by atoms with Crippen molar-refractivity contribution in [1.82, 2.24) is 5.32 Å². The summed E-state index contributed by atoms with van der Waals surface area (Å²) >= 11 is 3.40. The Balaban J connectivity index is 1.72. The molecule has 2 nitrogen and oxygen atoms in total. The topological polar surface area (TPSA) is 21.3 Å². The molecule has 1 aromatic carbocycles. The molecule has 0 aromatic heterocycles. The van der Waals surface area contributed by atoms with E-state index in [4.69, 9.17) is 4.74 Å². The van der Waals surface area contributed by atoms with E-state index >= 15 is 0 Å². The second-order valence-corrected chi connectivity index (χ2v) is 5.97. The van der Waals surface area contributed by atoms with Crippen molar-refractivity contribution >= 4 is 15.9 Å². The van der Waals surface area contributed by atoms with Crippen molar-refractivity contribution < 1.29 is 9.13 Å². The molecule has 1 fully saturated rings. The molecule has 2 rings (SSSR count). The van der Waals surface area contributed by atoms with Crippen molar-refractivity contribution in [1.29, 1.82) is 0 Å². The van der Waals surface area contributed by atoms with Crippen LogP contribution in [0.25, 0.3) is 0 Å². The summed E-state index contributed by atoms with van der Waals surface area (Å²) < 4.78 is 19.6. The molecule has 1 atom stereocenters. The number of rotatable bonds is 6. The van der Waals surface area contributed by atoms with Crippen LogP contribution in [-0.4, -0.2) is 19.3 Å². The van der Waals surface area contributed by atoms with E-state index in [1.165, 1.54) is 37.8 Å². The fraction of sp³-hybridized carbons (Fsp3) is 0.600. The standard InChI is InChI=1S/C15H21BrFNO/c1-11(14-7-6-12(17)10-15(14)16)18-8-9-19-13-4-2-3-5-13/h6-7,10-11,13,18H,2-5,8-9H2,1H3. The maximum absolute atomic E-state index is 13.0. The van der Waals surface area contributed by atoms with Crippen molar-refractivity contribution in [2.75, 3.05) is 13.2 Å². The van der Waals surface area contributed by atoms with Crippen LogP contribution >= 0.6 is 15.9 Å². The lowest BCUT2D eigenvalue weighted by Crippen LogP contribution is -2.25. The molecule has 1 aromatic rings. The van der Waals surface area contributed by atoms with Crippen molar-refractivity contribution in [3.63, 3.8) is 0 Å². The average molecular weight is 330 g/mol. The summed E-state index contributed by atoms with van der Waals surface area (Å²) in [4.78, 5) is 0. The van der Waals surface area contributed by atoms with Crippen LogP contribution in [0.2, 0.25) is 0 Å². The second kappa shape index (κ2) is 7.36. The number of hydrogen-bond acceptors (Lipinski definition) is 2. The Bertz CT molecular complexity index is 407. The summed E-state index contributed by atoms with van der Waals surface area (Å²) in [6.45, 7) is 3.64. The largest absolute Gasteiger partial charge is 0.377 e. The second-order valence-electron chi connectivity index (χ2n) is 5.12. The van der Waals surface area contributed by atoms with E-state index in [2.05, 4.69) is 28.2 Å². The fourth-order valence-corrected chi connectivity index (χ4v) is 3.21. The van der Waals surface area contributed by atoms with Crippen molar-refractivity contribution in [3.05, 3.63) is 34.1 Å². The zero-order valence-corrected chi connectivity index (χ0v) is 12.9. The molecule has 0 spiro atoms. The van der Waals surface area contributed by atoms with E-state index in [0.717, 1.165) is 23.2 Å². The van der Waals surface area contributed by atoms with Gasteiger partial charge in [-0.15, -0.1) is 0 Å². The Kier molecular flexibility index (Phi) is 5.79. The number of ether oxygens (including phenoxy) is 1. The molecule has 0 heterocycles. The molecule has 0 amide bonds. The molecular weight excluding hydrogens is 309 g/mol. The molecule has 1 unspecified atom stereocenters. The van der Waals surface area contributed by atoms with Crippen molar-refractivity contribution in [2.45, 2.75) is 44.8 Å². The van der Waals surface area contributed by atoms with Crippen LogP contribution in [0.1, 0.15) is 44.2 Å². The molecular formula is C15H21BrFNO. The van der Waals surface area contributed by atoms with Gasteiger partial charge in [-0.3, -0.25) is 0 Å². The maximum atomic E-state index is 13.0. The van der Waals surface area contributed by atoms with E-state index in [1.54, 1.807) is 0 Å². The van der Waals surface area contributed by atoms with Crippen LogP contribution in [-0.2, 0) is 4.74 Å². The Morgan fingerprint density at radius 1 is 1.42 bits per heavy atom. The van der Waals surface area contributed by atoms with E-state index < -0.39 is 0 Å². The van der Waals surface area contributed by atoms with Crippen LogP contribution in [0, 0.1) is 5.82 Å². The van der Waals surface area contributed by atoms with Gasteiger partial charge in [0.25, 0.3) is 0 Å². The first kappa shape index (κ1) is 14.9. The molecule has 0 radical (unpaired) electrons. The summed E-state index contributed by atoms with van der Waals surface area (Å²) in [5.74, 6) is -0.215. The average Bonchev–Trinajstić information content (AvgIpc) is 2.87.